The quantitative estimate of drug-likeness (QED) is 0.804. The Balaban J connectivity index is 1.46. The zero-order valence-electron chi connectivity index (χ0n) is 14.6. The summed E-state index contributed by atoms with van der Waals surface area (Å²) in [6.07, 6.45) is 4.15. The number of H-pyrrole nitrogens is 1. The van der Waals surface area contributed by atoms with Crippen LogP contribution in [0.25, 0.3) is 10.9 Å². The molecule has 2 aliphatic heterocycles. The zero-order chi connectivity index (χ0) is 18.8. The molecule has 6 nitrogen and oxygen atoms in total. The van der Waals surface area contributed by atoms with Crippen LogP contribution in [-0.4, -0.2) is 51.3 Å². The molecular formula is C18H19ClF2N4O2. The van der Waals surface area contributed by atoms with Crippen molar-refractivity contribution in [2.75, 3.05) is 19.7 Å². The fraction of sp³-hybridized carbons (Fsp3) is 0.611. The summed E-state index contributed by atoms with van der Waals surface area (Å²) in [7, 11) is 0. The molecule has 2 saturated heterocycles. The van der Waals surface area contributed by atoms with Crippen LogP contribution >= 0.6 is 11.6 Å². The first-order valence-corrected chi connectivity index (χ1v) is 9.58. The van der Waals surface area contributed by atoms with Gasteiger partial charge in [0.05, 0.1) is 12.0 Å². The second-order valence-electron chi connectivity index (χ2n) is 7.90. The molecule has 0 bridgehead atoms. The van der Waals surface area contributed by atoms with E-state index in [9.17, 15) is 13.6 Å². The third-order valence-electron chi connectivity index (χ3n) is 6.17. The molecule has 144 valence electrons. The van der Waals surface area contributed by atoms with Crippen molar-refractivity contribution in [1.82, 2.24) is 19.9 Å². The molecule has 4 heterocycles. The molecule has 1 aliphatic carbocycles. The van der Waals surface area contributed by atoms with Gasteiger partial charge in [0.2, 0.25) is 0 Å². The average Bonchev–Trinajstić information content (AvgIpc) is 3.24. The maximum Gasteiger partial charge on any atom is 0.260 e. The fourth-order valence-electron chi connectivity index (χ4n) is 4.55. The molecule has 0 spiro atoms. The number of nitrogens with one attached hydrogen (secondary N) is 1. The summed E-state index contributed by atoms with van der Waals surface area (Å²) in [6, 6.07) is 0. The Morgan fingerprint density at radius 2 is 2.22 bits per heavy atom. The van der Waals surface area contributed by atoms with E-state index in [1.54, 1.807) is 0 Å². The van der Waals surface area contributed by atoms with Crippen molar-refractivity contribution in [3.8, 4) is 0 Å². The SMILES string of the molecule is O=c1[nH]c(C2(OC[C@@]34CCCN3C[C@H](F)C4)CC2)nc2c(F)c(Cl)ncc12. The molecule has 1 N–H and O–H groups in total. The standard InChI is InChI=1S/C18H19ClF2N4O2/c19-14-12(21)13-11(7-22-14)15(26)24-16(23-13)18(3-4-18)27-9-17-2-1-5-25(17)8-10(20)6-17/h7,10H,1-6,8-9H2,(H,23,24,26)/t10-,17+/m1/s1. The van der Waals surface area contributed by atoms with E-state index in [-0.39, 0.29) is 21.6 Å². The number of hydrogen-bond donors (Lipinski definition) is 1. The van der Waals surface area contributed by atoms with Crippen molar-refractivity contribution in [1.29, 1.82) is 0 Å². The summed E-state index contributed by atoms with van der Waals surface area (Å²) >= 11 is 5.73. The number of hydrogen-bond acceptors (Lipinski definition) is 5. The van der Waals surface area contributed by atoms with Gasteiger partial charge in [0, 0.05) is 24.7 Å². The number of rotatable bonds is 4. The molecule has 1 saturated carbocycles. The van der Waals surface area contributed by atoms with Gasteiger partial charge in [0.15, 0.2) is 11.0 Å². The first-order valence-electron chi connectivity index (χ1n) is 9.20. The molecule has 2 atom stereocenters. The smallest absolute Gasteiger partial charge is 0.260 e. The molecule has 2 aromatic rings. The maximum atomic E-state index is 14.3. The van der Waals surface area contributed by atoms with Crippen molar-refractivity contribution in [3.05, 3.63) is 33.3 Å². The van der Waals surface area contributed by atoms with Crippen LogP contribution in [0, 0.1) is 5.82 Å². The van der Waals surface area contributed by atoms with Gasteiger partial charge in [-0.1, -0.05) is 11.6 Å². The lowest BCUT2D eigenvalue weighted by atomic mass is 9.94. The van der Waals surface area contributed by atoms with Crippen LogP contribution in [0.15, 0.2) is 11.0 Å². The third-order valence-corrected chi connectivity index (χ3v) is 6.43. The van der Waals surface area contributed by atoms with Crippen molar-refractivity contribution in [2.45, 2.75) is 49.4 Å². The predicted octanol–water partition coefficient (Wildman–Crippen LogP) is 2.69. The molecule has 9 heteroatoms. The summed E-state index contributed by atoms with van der Waals surface area (Å²) in [5.74, 6) is -0.508. The number of aromatic nitrogens is 3. The molecule has 0 aromatic carbocycles. The number of halogens is 3. The van der Waals surface area contributed by atoms with E-state index >= 15 is 0 Å². The highest BCUT2D eigenvalue weighted by Gasteiger charge is 2.54. The van der Waals surface area contributed by atoms with Crippen molar-refractivity contribution >= 4 is 22.5 Å². The average molecular weight is 397 g/mol. The fourth-order valence-corrected chi connectivity index (χ4v) is 4.68. The minimum Gasteiger partial charge on any atom is -0.365 e. The van der Waals surface area contributed by atoms with Crippen molar-refractivity contribution < 1.29 is 13.5 Å². The molecular weight excluding hydrogens is 378 g/mol. The van der Waals surface area contributed by atoms with Gasteiger partial charge < -0.3 is 9.72 Å². The summed E-state index contributed by atoms with van der Waals surface area (Å²) in [4.78, 5) is 25.2. The van der Waals surface area contributed by atoms with E-state index in [4.69, 9.17) is 16.3 Å². The molecule has 3 aliphatic rings. The zero-order valence-corrected chi connectivity index (χ0v) is 15.4. The van der Waals surface area contributed by atoms with E-state index in [2.05, 4.69) is 19.9 Å². The van der Waals surface area contributed by atoms with E-state index in [0.29, 0.717) is 38.2 Å². The molecule has 2 aromatic heterocycles. The van der Waals surface area contributed by atoms with Gasteiger partial charge in [-0.25, -0.2) is 18.7 Å². The number of nitrogens with zero attached hydrogens (tertiary/aromatic N) is 3. The largest absolute Gasteiger partial charge is 0.365 e. The first kappa shape index (κ1) is 17.5. The lowest BCUT2D eigenvalue weighted by Crippen LogP contribution is -2.43. The first-order chi connectivity index (χ1) is 12.9. The highest BCUT2D eigenvalue weighted by Crippen LogP contribution is 2.50. The Hall–Kier alpha value is -1.64. The van der Waals surface area contributed by atoms with Gasteiger partial charge in [-0.15, -0.1) is 0 Å². The molecule has 5 rings (SSSR count). The van der Waals surface area contributed by atoms with Crippen LogP contribution in [0.5, 0.6) is 0 Å². The second-order valence-corrected chi connectivity index (χ2v) is 8.26. The van der Waals surface area contributed by atoms with E-state index in [1.807, 2.05) is 0 Å². The minimum atomic E-state index is -0.827. The van der Waals surface area contributed by atoms with E-state index in [1.165, 1.54) is 6.20 Å². The van der Waals surface area contributed by atoms with Crippen molar-refractivity contribution in [3.63, 3.8) is 0 Å². The molecule has 0 radical (unpaired) electrons. The van der Waals surface area contributed by atoms with Gasteiger partial charge >= 0.3 is 0 Å². The topological polar surface area (TPSA) is 71.1 Å². The lowest BCUT2D eigenvalue weighted by Gasteiger charge is -2.33. The van der Waals surface area contributed by atoms with Gasteiger partial charge in [-0.2, -0.15) is 0 Å². The van der Waals surface area contributed by atoms with Gasteiger partial charge in [0.25, 0.3) is 5.56 Å². The molecule has 27 heavy (non-hydrogen) atoms. The summed E-state index contributed by atoms with van der Waals surface area (Å²) in [6.45, 7) is 1.73. The van der Waals surface area contributed by atoms with E-state index < -0.39 is 23.1 Å². The minimum absolute atomic E-state index is 0.0491. The van der Waals surface area contributed by atoms with Crippen LogP contribution in [0.1, 0.15) is 37.9 Å². The molecule has 3 fully saturated rings. The Morgan fingerprint density at radius 3 is 3.00 bits per heavy atom. The lowest BCUT2D eigenvalue weighted by molar-refractivity contribution is -0.0342. The van der Waals surface area contributed by atoms with Crippen LogP contribution in [-0.2, 0) is 10.3 Å². The Bertz CT molecular complexity index is 980. The van der Waals surface area contributed by atoms with Crippen LogP contribution in [0.4, 0.5) is 8.78 Å². The molecule has 0 unspecified atom stereocenters. The van der Waals surface area contributed by atoms with Crippen LogP contribution in [0.3, 0.4) is 0 Å². The number of alkyl halides is 1. The summed E-state index contributed by atoms with van der Waals surface area (Å²) in [5.41, 5.74) is -1.59. The van der Waals surface area contributed by atoms with Crippen molar-refractivity contribution in [2.24, 2.45) is 0 Å². The summed E-state index contributed by atoms with van der Waals surface area (Å²) < 4.78 is 34.5. The number of ether oxygens (including phenoxy) is 1. The number of pyridine rings is 1. The normalized spacial score (nSPS) is 29.4. The predicted molar refractivity (Wildman–Crippen MR) is 95.0 cm³/mol. The van der Waals surface area contributed by atoms with Crippen LogP contribution < -0.4 is 5.56 Å². The highest BCUT2D eigenvalue weighted by atomic mass is 35.5. The van der Waals surface area contributed by atoms with Gasteiger partial charge in [-0.05, 0) is 32.2 Å². The highest BCUT2D eigenvalue weighted by molar-refractivity contribution is 6.30. The monoisotopic (exact) mass is 396 g/mol. The van der Waals surface area contributed by atoms with E-state index in [0.717, 1.165) is 19.4 Å². The van der Waals surface area contributed by atoms with Gasteiger partial charge in [-0.3, -0.25) is 9.69 Å². The Morgan fingerprint density at radius 1 is 1.41 bits per heavy atom. The number of aromatic amines is 1. The number of fused-ring (bicyclic) bond motifs is 2. The van der Waals surface area contributed by atoms with Gasteiger partial charge in [0.1, 0.15) is 23.1 Å². The third kappa shape index (κ3) is 2.68. The maximum absolute atomic E-state index is 14.3. The Kier molecular flexibility index (Phi) is 3.83. The molecule has 0 amide bonds. The second kappa shape index (κ2) is 5.93. The summed E-state index contributed by atoms with van der Waals surface area (Å²) in [5, 5.41) is -0.272. The van der Waals surface area contributed by atoms with Crippen LogP contribution in [0.2, 0.25) is 5.15 Å². The Labute approximate surface area is 158 Å².